The van der Waals surface area contributed by atoms with Crippen LogP contribution in [0.15, 0.2) is 12.3 Å². The van der Waals surface area contributed by atoms with Gasteiger partial charge in [0.15, 0.2) is 10.9 Å². The number of morpholine rings is 1. The van der Waals surface area contributed by atoms with Crippen molar-refractivity contribution in [1.29, 1.82) is 0 Å². The van der Waals surface area contributed by atoms with Crippen LogP contribution in [-0.2, 0) is 11.8 Å². The highest BCUT2D eigenvalue weighted by atomic mass is 32.1. The number of nitrogens with zero attached hydrogens (tertiary/aromatic N) is 3. The third-order valence-corrected chi connectivity index (χ3v) is 3.24. The number of rotatable bonds is 5. The Morgan fingerprint density at radius 1 is 1.47 bits per heavy atom. The highest BCUT2D eigenvalue weighted by Crippen LogP contribution is 2.00. The maximum Gasteiger partial charge on any atom is 0.171 e. The predicted octanol–water partition coefficient (Wildman–Crippen LogP) is 0.429. The molecule has 1 aromatic heterocycles. The van der Waals surface area contributed by atoms with Crippen molar-refractivity contribution < 1.29 is 4.74 Å². The number of anilines is 1. The van der Waals surface area contributed by atoms with E-state index in [-0.39, 0.29) is 0 Å². The average molecular weight is 283 g/mol. The monoisotopic (exact) mass is 283 g/mol. The van der Waals surface area contributed by atoms with E-state index < -0.39 is 0 Å². The molecule has 0 atom stereocenters. The zero-order valence-corrected chi connectivity index (χ0v) is 12.1. The van der Waals surface area contributed by atoms with E-state index in [1.54, 1.807) is 4.68 Å². The molecule has 1 aliphatic heterocycles. The SMILES string of the molecule is Cn1ccc(NC(=S)NCCCN2CCOCC2)n1. The first-order valence-electron chi connectivity index (χ1n) is 6.58. The number of aryl methyl sites for hydroxylation is 1. The molecule has 2 heterocycles. The maximum atomic E-state index is 5.32. The number of hydrogen-bond donors (Lipinski definition) is 2. The summed E-state index contributed by atoms with van der Waals surface area (Å²) in [5.74, 6) is 0.771. The van der Waals surface area contributed by atoms with Gasteiger partial charge >= 0.3 is 0 Å². The lowest BCUT2D eigenvalue weighted by Gasteiger charge is -2.26. The van der Waals surface area contributed by atoms with Gasteiger partial charge in [-0.05, 0) is 25.2 Å². The zero-order valence-electron chi connectivity index (χ0n) is 11.3. The molecule has 7 heteroatoms. The van der Waals surface area contributed by atoms with Crippen LogP contribution in [0.2, 0.25) is 0 Å². The second-order valence-corrected chi connectivity index (χ2v) is 4.97. The van der Waals surface area contributed by atoms with Gasteiger partial charge in [-0.15, -0.1) is 0 Å². The summed E-state index contributed by atoms with van der Waals surface area (Å²) in [6, 6.07) is 1.89. The summed E-state index contributed by atoms with van der Waals surface area (Å²) >= 11 is 5.21. The lowest BCUT2D eigenvalue weighted by atomic mass is 10.3. The summed E-state index contributed by atoms with van der Waals surface area (Å²) in [4.78, 5) is 2.42. The van der Waals surface area contributed by atoms with Gasteiger partial charge in [0, 0.05) is 38.9 Å². The molecule has 0 radical (unpaired) electrons. The van der Waals surface area contributed by atoms with Crippen LogP contribution in [0.4, 0.5) is 5.82 Å². The Morgan fingerprint density at radius 3 is 2.95 bits per heavy atom. The fourth-order valence-electron chi connectivity index (χ4n) is 1.97. The molecular formula is C12H21N5OS. The third kappa shape index (κ3) is 5.14. The molecule has 19 heavy (non-hydrogen) atoms. The summed E-state index contributed by atoms with van der Waals surface area (Å²) < 4.78 is 7.06. The van der Waals surface area contributed by atoms with Gasteiger partial charge in [-0.3, -0.25) is 9.58 Å². The highest BCUT2D eigenvalue weighted by molar-refractivity contribution is 7.80. The van der Waals surface area contributed by atoms with Gasteiger partial charge in [-0.25, -0.2) is 0 Å². The first-order valence-corrected chi connectivity index (χ1v) is 6.99. The number of aromatic nitrogens is 2. The van der Waals surface area contributed by atoms with Crippen molar-refractivity contribution in [2.75, 3.05) is 44.7 Å². The molecule has 0 bridgehead atoms. The molecular weight excluding hydrogens is 262 g/mol. The van der Waals surface area contributed by atoms with Crippen LogP contribution in [0.5, 0.6) is 0 Å². The smallest absolute Gasteiger partial charge is 0.171 e. The van der Waals surface area contributed by atoms with Crippen molar-refractivity contribution in [2.24, 2.45) is 7.05 Å². The number of hydrogen-bond acceptors (Lipinski definition) is 4. The van der Waals surface area contributed by atoms with Crippen LogP contribution >= 0.6 is 12.2 Å². The molecule has 2 rings (SSSR count). The normalized spacial score (nSPS) is 16.3. The van der Waals surface area contributed by atoms with Crippen LogP contribution in [0, 0.1) is 0 Å². The Kier molecular flexibility index (Phi) is 5.56. The van der Waals surface area contributed by atoms with Crippen LogP contribution in [0.1, 0.15) is 6.42 Å². The minimum atomic E-state index is 0.626. The largest absolute Gasteiger partial charge is 0.379 e. The highest BCUT2D eigenvalue weighted by Gasteiger charge is 2.09. The molecule has 0 saturated carbocycles. The van der Waals surface area contributed by atoms with E-state index in [4.69, 9.17) is 17.0 Å². The van der Waals surface area contributed by atoms with E-state index in [1.807, 2.05) is 19.3 Å². The van der Waals surface area contributed by atoms with E-state index in [1.165, 1.54) is 0 Å². The van der Waals surface area contributed by atoms with Crippen LogP contribution in [0.3, 0.4) is 0 Å². The molecule has 1 aromatic rings. The fourth-order valence-corrected chi connectivity index (χ4v) is 2.18. The van der Waals surface area contributed by atoms with Crippen molar-refractivity contribution in [3.63, 3.8) is 0 Å². The Morgan fingerprint density at radius 2 is 2.26 bits per heavy atom. The molecule has 0 amide bonds. The van der Waals surface area contributed by atoms with E-state index in [0.29, 0.717) is 5.11 Å². The standard InChI is InChI=1S/C12H21N5OS/c1-16-6-3-11(15-16)14-12(19)13-4-2-5-17-7-9-18-10-8-17/h3,6H,2,4-5,7-10H2,1H3,(H2,13,14,15,19). The molecule has 0 aromatic carbocycles. The Hall–Kier alpha value is -1.18. The lowest BCUT2D eigenvalue weighted by molar-refractivity contribution is 0.0376. The van der Waals surface area contributed by atoms with Crippen molar-refractivity contribution >= 4 is 23.1 Å². The van der Waals surface area contributed by atoms with Gasteiger partial charge in [0.1, 0.15) is 0 Å². The van der Waals surface area contributed by atoms with Crippen LogP contribution < -0.4 is 10.6 Å². The summed E-state index contributed by atoms with van der Waals surface area (Å²) in [6.45, 7) is 5.74. The predicted molar refractivity (Wildman–Crippen MR) is 79.3 cm³/mol. The number of ether oxygens (including phenoxy) is 1. The van der Waals surface area contributed by atoms with Crippen molar-refractivity contribution in [2.45, 2.75) is 6.42 Å². The van der Waals surface area contributed by atoms with Gasteiger partial charge < -0.3 is 15.4 Å². The summed E-state index contributed by atoms with van der Waals surface area (Å²) in [7, 11) is 1.88. The maximum absolute atomic E-state index is 5.32. The average Bonchev–Trinajstić information content (AvgIpc) is 2.81. The molecule has 0 spiro atoms. The summed E-state index contributed by atoms with van der Waals surface area (Å²) in [6.07, 6.45) is 2.95. The van der Waals surface area contributed by atoms with E-state index in [9.17, 15) is 0 Å². The van der Waals surface area contributed by atoms with Crippen molar-refractivity contribution in [3.8, 4) is 0 Å². The topological polar surface area (TPSA) is 54.4 Å². The summed E-state index contributed by atoms with van der Waals surface area (Å²) in [5.41, 5.74) is 0. The molecule has 1 aliphatic rings. The summed E-state index contributed by atoms with van der Waals surface area (Å²) in [5, 5.41) is 11.1. The third-order valence-electron chi connectivity index (χ3n) is 3.00. The molecule has 6 nitrogen and oxygen atoms in total. The molecule has 1 fully saturated rings. The van der Waals surface area contributed by atoms with E-state index in [0.717, 1.165) is 51.6 Å². The van der Waals surface area contributed by atoms with Gasteiger partial charge in [-0.2, -0.15) is 5.10 Å². The molecule has 0 aliphatic carbocycles. The molecule has 1 saturated heterocycles. The van der Waals surface area contributed by atoms with Crippen molar-refractivity contribution in [1.82, 2.24) is 20.0 Å². The number of thiocarbonyl (C=S) groups is 1. The lowest BCUT2D eigenvalue weighted by Crippen LogP contribution is -2.38. The minimum Gasteiger partial charge on any atom is -0.379 e. The quantitative estimate of drug-likeness (QED) is 0.604. The van der Waals surface area contributed by atoms with Crippen LogP contribution in [0.25, 0.3) is 0 Å². The Labute approximate surface area is 119 Å². The van der Waals surface area contributed by atoms with Gasteiger partial charge in [0.2, 0.25) is 0 Å². The number of nitrogens with one attached hydrogen (secondary N) is 2. The second-order valence-electron chi connectivity index (χ2n) is 4.56. The first-order chi connectivity index (χ1) is 9.24. The minimum absolute atomic E-state index is 0.626. The van der Waals surface area contributed by atoms with E-state index in [2.05, 4.69) is 20.6 Å². The van der Waals surface area contributed by atoms with Crippen LogP contribution in [-0.4, -0.2) is 59.2 Å². The Balaban J connectivity index is 1.56. The second kappa shape index (κ2) is 7.42. The molecule has 106 valence electrons. The van der Waals surface area contributed by atoms with E-state index >= 15 is 0 Å². The van der Waals surface area contributed by atoms with Gasteiger partial charge in [0.05, 0.1) is 13.2 Å². The van der Waals surface area contributed by atoms with Gasteiger partial charge in [-0.1, -0.05) is 0 Å². The van der Waals surface area contributed by atoms with Gasteiger partial charge in [0.25, 0.3) is 0 Å². The molecule has 0 unspecified atom stereocenters. The Bertz CT molecular complexity index is 403. The molecule has 2 N–H and O–H groups in total. The zero-order chi connectivity index (χ0) is 13.5. The fraction of sp³-hybridized carbons (Fsp3) is 0.667. The van der Waals surface area contributed by atoms with Crippen molar-refractivity contribution in [3.05, 3.63) is 12.3 Å². The first kappa shape index (κ1) is 14.2.